The number of nitro groups is 1. The van der Waals surface area contributed by atoms with Crippen LogP contribution in [0.25, 0.3) is 10.9 Å². The Labute approximate surface area is 117 Å². The molecule has 0 saturated carbocycles. The van der Waals surface area contributed by atoms with E-state index in [0.29, 0.717) is 0 Å². The molecule has 8 heteroatoms. The molecule has 0 amide bonds. The largest absolute Gasteiger partial charge is 0.462 e. The second-order valence-corrected chi connectivity index (χ2v) is 4.16. The monoisotopic (exact) mass is 298 g/mol. The van der Waals surface area contributed by atoms with E-state index in [1.165, 1.54) is 0 Å². The number of halogens is 2. The zero-order valence-electron chi connectivity index (χ0n) is 10.2. The van der Waals surface area contributed by atoms with Gasteiger partial charge in [-0.1, -0.05) is 11.6 Å². The van der Waals surface area contributed by atoms with Gasteiger partial charge >= 0.3 is 5.97 Å². The van der Waals surface area contributed by atoms with Gasteiger partial charge in [-0.3, -0.25) is 10.1 Å². The van der Waals surface area contributed by atoms with Crippen LogP contribution in [0.15, 0.2) is 18.3 Å². The number of benzene rings is 1. The molecule has 0 unspecified atom stereocenters. The number of carbonyl (C=O) groups is 1. The topological polar surface area (TPSA) is 82.3 Å². The van der Waals surface area contributed by atoms with Crippen molar-refractivity contribution in [2.75, 3.05) is 6.61 Å². The van der Waals surface area contributed by atoms with E-state index in [2.05, 4.69) is 4.98 Å². The van der Waals surface area contributed by atoms with E-state index in [1.807, 2.05) is 0 Å². The third-order valence-electron chi connectivity index (χ3n) is 2.54. The summed E-state index contributed by atoms with van der Waals surface area (Å²) in [6, 6.07) is 1.73. The number of nitro benzene ring substituents is 1. The number of aromatic nitrogens is 1. The molecule has 2 rings (SSSR count). The molecule has 0 radical (unpaired) electrons. The third kappa shape index (κ3) is 2.39. The van der Waals surface area contributed by atoms with Gasteiger partial charge in [0.2, 0.25) is 0 Å². The summed E-state index contributed by atoms with van der Waals surface area (Å²) in [6.45, 7) is 1.75. The van der Waals surface area contributed by atoms with Crippen molar-refractivity contribution in [2.24, 2.45) is 0 Å². The molecule has 0 aliphatic heterocycles. The minimum absolute atomic E-state index is 0.0103. The standard InChI is InChI=1S/C12H8ClFN2O4/c1-2-20-12(17)8-5-15-11-7(10(8)13)3-6(14)4-9(11)16(18)19/h3-5H,2H2,1H3. The van der Waals surface area contributed by atoms with Gasteiger partial charge in [0.15, 0.2) is 0 Å². The molecule has 0 fully saturated rings. The molecule has 0 aliphatic rings. The van der Waals surface area contributed by atoms with Gasteiger partial charge in [-0.15, -0.1) is 0 Å². The molecule has 0 N–H and O–H groups in total. The molecule has 2 aromatic rings. The minimum Gasteiger partial charge on any atom is -0.462 e. The Balaban J connectivity index is 2.73. The van der Waals surface area contributed by atoms with Gasteiger partial charge in [0, 0.05) is 11.6 Å². The van der Waals surface area contributed by atoms with Crippen LogP contribution >= 0.6 is 11.6 Å². The number of non-ortho nitro benzene ring substituents is 1. The van der Waals surface area contributed by atoms with E-state index in [-0.39, 0.29) is 28.1 Å². The number of esters is 1. The molecule has 0 atom stereocenters. The maximum atomic E-state index is 13.4. The van der Waals surface area contributed by atoms with Crippen LogP contribution in [-0.4, -0.2) is 22.5 Å². The first-order valence-corrected chi connectivity index (χ1v) is 5.92. The predicted octanol–water partition coefficient (Wildman–Crippen LogP) is 3.11. The van der Waals surface area contributed by atoms with Crippen molar-refractivity contribution in [1.82, 2.24) is 4.98 Å². The highest BCUT2D eigenvalue weighted by molar-refractivity contribution is 6.38. The summed E-state index contributed by atoms with van der Waals surface area (Å²) < 4.78 is 18.2. The second-order valence-electron chi connectivity index (χ2n) is 3.78. The number of hydrogen-bond acceptors (Lipinski definition) is 5. The fraction of sp³-hybridized carbons (Fsp3) is 0.167. The number of rotatable bonds is 3. The summed E-state index contributed by atoms with van der Waals surface area (Å²) in [5.74, 6) is -1.56. The number of carbonyl (C=O) groups excluding carboxylic acids is 1. The molecule has 1 aromatic heterocycles. The lowest BCUT2D eigenvalue weighted by Crippen LogP contribution is -2.06. The quantitative estimate of drug-likeness (QED) is 0.494. The summed E-state index contributed by atoms with van der Waals surface area (Å²) >= 11 is 5.99. The fourth-order valence-corrected chi connectivity index (χ4v) is 1.98. The Kier molecular flexibility index (Phi) is 3.80. The number of nitrogens with zero attached hydrogens (tertiary/aromatic N) is 2. The molecule has 0 saturated heterocycles. The van der Waals surface area contributed by atoms with Crippen LogP contribution in [0, 0.1) is 15.9 Å². The lowest BCUT2D eigenvalue weighted by Gasteiger charge is -2.07. The lowest BCUT2D eigenvalue weighted by atomic mass is 10.1. The molecular formula is C12H8ClFN2O4. The summed E-state index contributed by atoms with van der Waals surface area (Å²) in [5.41, 5.74) is -0.673. The second kappa shape index (κ2) is 5.38. The van der Waals surface area contributed by atoms with Crippen LogP contribution in [-0.2, 0) is 4.74 Å². The average molecular weight is 299 g/mol. The van der Waals surface area contributed by atoms with E-state index >= 15 is 0 Å². The smallest absolute Gasteiger partial charge is 0.341 e. The van der Waals surface area contributed by atoms with Gasteiger partial charge in [-0.05, 0) is 13.0 Å². The van der Waals surface area contributed by atoms with Crippen LogP contribution in [0.4, 0.5) is 10.1 Å². The van der Waals surface area contributed by atoms with Crippen LogP contribution in [0.3, 0.4) is 0 Å². The summed E-state index contributed by atoms with van der Waals surface area (Å²) in [7, 11) is 0. The Morgan fingerprint density at radius 2 is 2.25 bits per heavy atom. The zero-order valence-corrected chi connectivity index (χ0v) is 11.0. The Hall–Kier alpha value is -2.28. The molecule has 0 bridgehead atoms. The molecule has 1 heterocycles. The first-order chi connectivity index (χ1) is 9.45. The highest BCUT2D eigenvalue weighted by atomic mass is 35.5. The highest BCUT2D eigenvalue weighted by Gasteiger charge is 2.21. The van der Waals surface area contributed by atoms with Crippen LogP contribution < -0.4 is 0 Å². The predicted molar refractivity (Wildman–Crippen MR) is 69.3 cm³/mol. The van der Waals surface area contributed by atoms with Crippen molar-refractivity contribution < 1.29 is 18.8 Å². The molecule has 104 valence electrons. The molecule has 20 heavy (non-hydrogen) atoms. The zero-order chi connectivity index (χ0) is 14.9. The van der Waals surface area contributed by atoms with Crippen LogP contribution in [0.2, 0.25) is 5.02 Å². The molecular weight excluding hydrogens is 291 g/mol. The molecule has 6 nitrogen and oxygen atoms in total. The highest BCUT2D eigenvalue weighted by Crippen LogP contribution is 2.32. The van der Waals surface area contributed by atoms with E-state index in [9.17, 15) is 19.3 Å². The normalized spacial score (nSPS) is 10.6. The Morgan fingerprint density at radius 3 is 2.85 bits per heavy atom. The first kappa shape index (κ1) is 14.1. The minimum atomic E-state index is -0.839. The number of hydrogen-bond donors (Lipinski definition) is 0. The Morgan fingerprint density at radius 1 is 1.55 bits per heavy atom. The van der Waals surface area contributed by atoms with E-state index in [0.717, 1.165) is 18.3 Å². The van der Waals surface area contributed by atoms with Crippen molar-refractivity contribution >= 4 is 34.2 Å². The SMILES string of the molecule is CCOC(=O)c1cnc2c([N+](=O)[O-])cc(F)cc2c1Cl. The van der Waals surface area contributed by atoms with Crippen molar-refractivity contribution in [2.45, 2.75) is 6.92 Å². The van der Waals surface area contributed by atoms with Crippen molar-refractivity contribution in [1.29, 1.82) is 0 Å². The number of fused-ring (bicyclic) bond motifs is 1. The molecule has 0 spiro atoms. The molecule has 0 aliphatic carbocycles. The van der Waals surface area contributed by atoms with Crippen molar-refractivity contribution in [3.05, 3.63) is 44.8 Å². The third-order valence-corrected chi connectivity index (χ3v) is 2.95. The fourth-order valence-electron chi connectivity index (χ4n) is 1.71. The summed E-state index contributed by atoms with van der Waals surface area (Å²) in [5, 5.41) is 10.7. The maximum absolute atomic E-state index is 13.4. The Bertz CT molecular complexity index is 720. The van der Waals surface area contributed by atoms with Crippen LogP contribution in [0.1, 0.15) is 17.3 Å². The van der Waals surface area contributed by atoms with Crippen molar-refractivity contribution in [3.63, 3.8) is 0 Å². The van der Waals surface area contributed by atoms with Crippen LogP contribution in [0.5, 0.6) is 0 Å². The van der Waals surface area contributed by atoms with Gasteiger partial charge in [0.1, 0.15) is 11.3 Å². The van der Waals surface area contributed by atoms with E-state index in [1.54, 1.807) is 6.92 Å². The lowest BCUT2D eigenvalue weighted by molar-refractivity contribution is -0.383. The van der Waals surface area contributed by atoms with E-state index < -0.39 is 22.4 Å². The van der Waals surface area contributed by atoms with Crippen molar-refractivity contribution in [3.8, 4) is 0 Å². The number of ether oxygens (including phenoxy) is 1. The van der Waals surface area contributed by atoms with Gasteiger partial charge in [0.05, 0.1) is 28.2 Å². The average Bonchev–Trinajstić information content (AvgIpc) is 2.39. The molecule has 1 aromatic carbocycles. The van der Waals surface area contributed by atoms with Gasteiger partial charge in [-0.25, -0.2) is 14.2 Å². The van der Waals surface area contributed by atoms with Gasteiger partial charge in [-0.2, -0.15) is 0 Å². The number of pyridine rings is 1. The van der Waals surface area contributed by atoms with E-state index in [4.69, 9.17) is 16.3 Å². The summed E-state index contributed by atoms with van der Waals surface area (Å²) in [4.78, 5) is 25.6. The van der Waals surface area contributed by atoms with Gasteiger partial charge in [0.25, 0.3) is 5.69 Å². The summed E-state index contributed by atoms with van der Waals surface area (Å²) in [6.07, 6.45) is 1.08. The first-order valence-electron chi connectivity index (χ1n) is 5.55. The maximum Gasteiger partial charge on any atom is 0.341 e. The van der Waals surface area contributed by atoms with Gasteiger partial charge < -0.3 is 4.74 Å².